The lowest BCUT2D eigenvalue weighted by atomic mass is 10.1. The molecule has 0 aliphatic carbocycles. The monoisotopic (exact) mass is 219 g/mol. The SMILES string of the molecule is C=C(CNCC(N)c1ccccc1)C(N)=O. The van der Waals surface area contributed by atoms with Gasteiger partial charge in [-0.2, -0.15) is 0 Å². The molecule has 4 nitrogen and oxygen atoms in total. The van der Waals surface area contributed by atoms with Crippen LogP contribution in [-0.4, -0.2) is 19.0 Å². The van der Waals surface area contributed by atoms with E-state index in [9.17, 15) is 4.79 Å². The van der Waals surface area contributed by atoms with Crippen LogP contribution in [0.5, 0.6) is 0 Å². The van der Waals surface area contributed by atoms with E-state index in [1.807, 2.05) is 30.3 Å². The van der Waals surface area contributed by atoms with Crippen molar-refractivity contribution in [3.8, 4) is 0 Å². The Hall–Kier alpha value is -1.65. The summed E-state index contributed by atoms with van der Waals surface area (Å²) in [5.41, 5.74) is 12.4. The van der Waals surface area contributed by atoms with Gasteiger partial charge in [0.15, 0.2) is 0 Å². The predicted octanol–water partition coefficient (Wildman–Crippen LogP) is 0.317. The van der Waals surface area contributed by atoms with Crippen LogP contribution in [-0.2, 0) is 4.79 Å². The van der Waals surface area contributed by atoms with Crippen LogP contribution in [0.4, 0.5) is 0 Å². The maximum atomic E-state index is 10.7. The van der Waals surface area contributed by atoms with Crippen molar-refractivity contribution in [3.63, 3.8) is 0 Å². The number of carbonyl (C=O) groups excluding carboxylic acids is 1. The zero-order valence-corrected chi connectivity index (χ0v) is 9.15. The molecule has 1 unspecified atom stereocenters. The van der Waals surface area contributed by atoms with Crippen molar-refractivity contribution in [1.82, 2.24) is 5.32 Å². The molecule has 4 heteroatoms. The van der Waals surface area contributed by atoms with Gasteiger partial charge in [0.1, 0.15) is 0 Å². The Morgan fingerprint density at radius 3 is 2.56 bits per heavy atom. The van der Waals surface area contributed by atoms with Crippen molar-refractivity contribution >= 4 is 5.91 Å². The molecular formula is C12H17N3O. The average molecular weight is 219 g/mol. The molecule has 1 aromatic carbocycles. The molecule has 0 aromatic heterocycles. The number of amides is 1. The van der Waals surface area contributed by atoms with Crippen LogP contribution in [0.2, 0.25) is 0 Å². The first-order valence-electron chi connectivity index (χ1n) is 5.10. The molecule has 16 heavy (non-hydrogen) atoms. The number of primary amides is 1. The van der Waals surface area contributed by atoms with Crippen LogP contribution in [0.1, 0.15) is 11.6 Å². The lowest BCUT2D eigenvalue weighted by Gasteiger charge is -2.13. The van der Waals surface area contributed by atoms with Crippen LogP contribution in [0.25, 0.3) is 0 Å². The third-order valence-electron chi connectivity index (χ3n) is 2.28. The Morgan fingerprint density at radius 2 is 2.00 bits per heavy atom. The average Bonchev–Trinajstić information content (AvgIpc) is 2.29. The molecule has 0 fully saturated rings. The van der Waals surface area contributed by atoms with Crippen LogP contribution in [0.3, 0.4) is 0 Å². The molecule has 1 atom stereocenters. The molecule has 0 bridgehead atoms. The largest absolute Gasteiger partial charge is 0.366 e. The minimum absolute atomic E-state index is 0.0955. The van der Waals surface area contributed by atoms with E-state index in [1.165, 1.54) is 0 Å². The normalized spacial score (nSPS) is 12.1. The van der Waals surface area contributed by atoms with Gasteiger partial charge in [-0.05, 0) is 5.56 Å². The summed E-state index contributed by atoms with van der Waals surface area (Å²) >= 11 is 0. The van der Waals surface area contributed by atoms with E-state index in [0.29, 0.717) is 18.7 Å². The fourth-order valence-corrected chi connectivity index (χ4v) is 1.28. The first-order chi connectivity index (χ1) is 7.61. The van der Waals surface area contributed by atoms with E-state index in [-0.39, 0.29) is 6.04 Å². The Kier molecular flexibility index (Phi) is 4.69. The van der Waals surface area contributed by atoms with Gasteiger partial charge in [-0.3, -0.25) is 4.79 Å². The molecular weight excluding hydrogens is 202 g/mol. The second kappa shape index (κ2) is 6.05. The van der Waals surface area contributed by atoms with Gasteiger partial charge in [0.05, 0.1) is 0 Å². The van der Waals surface area contributed by atoms with Crippen molar-refractivity contribution in [3.05, 3.63) is 48.0 Å². The molecule has 0 saturated heterocycles. The van der Waals surface area contributed by atoms with E-state index in [0.717, 1.165) is 5.56 Å². The van der Waals surface area contributed by atoms with Gasteiger partial charge in [0.2, 0.25) is 5.91 Å². The molecule has 0 heterocycles. The van der Waals surface area contributed by atoms with E-state index in [4.69, 9.17) is 11.5 Å². The Labute approximate surface area is 95.3 Å². The first-order valence-corrected chi connectivity index (χ1v) is 5.10. The summed E-state index contributed by atoms with van der Waals surface area (Å²) in [5.74, 6) is -0.485. The van der Waals surface area contributed by atoms with Crippen molar-refractivity contribution in [2.75, 3.05) is 13.1 Å². The molecule has 0 saturated carbocycles. The summed E-state index contributed by atoms with van der Waals surface area (Å²) in [4.78, 5) is 10.7. The molecule has 1 aromatic rings. The van der Waals surface area contributed by atoms with Gasteiger partial charge in [0, 0.05) is 24.7 Å². The summed E-state index contributed by atoms with van der Waals surface area (Å²) in [6.07, 6.45) is 0. The van der Waals surface area contributed by atoms with E-state index >= 15 is 0 Å². The number of rotatable bonds is 6. The third-order valence-corrected chi connectivity index (χ3v) is 2.28. The first kappa shape index (κ1) is 12.4. The van der Waals surface area contributed by atoms with Crippen LogP contribution < -0.4 is 16.8 Å². The minimum atomic E-state index is -0.485. The molecule has 1 amide bonds. The van der Waals surface area contributed by atoms with Crippen LogP contribution >= 0.6 is 0 Å². The molecule has 5 N–H and O–H groups in total. The predicted molar refractivity (Wildman–Crippen MR) is 64.6 cm³/mol. The maximum absolute atomic E-state index is 10.7. The van der Waals surface area contributed by atoms with Gasteiger partial charge in [-0.25, -0.2) is 0 Å². The van der Waals surface area contributed by atoms with Gasteiger partial charge < -0.3 is 16.8 Å². The van der Waals surface area contributed by atoms with Crippen molar-refractivity contribution in [2.45, 2.75) is 6.04 Å². The topological polar surface area (TPSA) is 81.1 Å². The number of nitrogens with two attached hydrogens (primary N) is 2. The zero-order chi connectivity index (χ0) is 12.0. The zero-order valence-electron chi connectivity index (χ0n) is 9.15. The van der Waals surface area contributed by atoms with Crippen molar-refractivity contribution < 1.29 is 4.79 Å². The highest BCUT2D eigenvalue weighted by molar-refractivity contribution is 5.91. The smallest absolute Gasteiger partial charge is 0.245 e. The number of carbonyl (C=O) groups is 1. The summed E-state index contributed by atoms with van der Waals surface area (Å²) in [6, 6.07) is 9.67. The third kappa shape index (κ3) is 3.84. The van der Waals surface area contributed by atoms with Crippen LogP contribution in [0.15, 0.2) is 42.5 Å². The quantitative estimate of drug-likeness (QED) is 0.603. The summed E-state index contributed by atoms with van der Waals surface area (Å²) in [6.45, 7) is 4.50. The molecule has 1 rings (SSSR count). The van der Waals surface area contributed by atoms with Gasteiger partial charge in [-0.15, -0.1) is 0 Å². The number of hydrogen-bond acceptors (Lipinski definition) is 3. The standard InChI is InChI=1S/C12H17N3O/c1-9(12(14)16)7-15-8-11(13)10-5-3-2-4-6-10/h2-6,11,15H,1,7-8,13H2,(H2,14,16). The van der Waals surface area contributed by atoms with Crippen molar-refractivity contribution in [1.29, 1.82) is 0 Å². The van der Waals surface area contributed by atoms with E-state index in [2.05, 4.69) is 11.9 Å². The minimum Gasteiger partial charge on any atom is -0.366 e. The number of nitrogens with one attached hydrogen (secondary N) is 1. The Morgan fingerprint density at radius 1 is 1.38 bits per heavy atom. The number of hydrogen-bond donors (Lipinski definition) is 3. The lowest BCUT2D eigenvalue weighted by Crippen LogP contribution is -2.31. The van der Waals surface area contributed by atoms with Crippen LogP contribution in [0, 0.1) is 0 Å². The molecule has 86 valence electrons. The van der Waals surface area contributed by atoms with Gasteiger partial charge in [0.25, 0.3) is 0 Å². The highest BCUT2D eigenvalue weighted by Gasteiger charge is 2.05. The highest BCUT2D eigenvalue weighted by Crippen LogP contribution is 2.07. The fraction of sp³-hybridized carbons (Fsp3) is 0.250. The Bertz CT molecular complexity index is 362. The second-order valence-electron chi connectivity index (χ2n) is 3.62. The lowest BCUT2D eigenvalue weighted by molar-refractivity contribution is -0.114. The molecule has 0 radical (unpaired) electrons. The Balaban J connectivity index is 2.34. The van der Waals surface area contributed by atoms with Crippen molar-refractivity contribution in [2.24, 2.45) is 11.5 Å². The molecule has 0 spiro atoms. The highest BCUT2D eigenvalue weighted by atomic mass is 16.1. The molecule has 0 aliphatic heterocycles. The summed E-state index contributed by atoms with van der Waals surface area (Å²) in [7, 11) is 0. The fourth-order valence-electron chi connectivity index (χ4n) is 1.28. The number of benzene rings is 1. The summed E-state index contributed by atoms with van der Waals surface area (Å²) < 4.78 is 0. The van der Waals surface area contributed by atoms with E-state index in [1.54, 1.807) is 0 Å². The van der Waals surface area contributed by atoms with E-state index < -0.39 is 5.91 Å². The second-order valence-corrected chi connectivity index (χ2v) is 3.62. The molecule has 0 aliphatic rings. The summed E-state index contributed by atoms with van der Waals surface area (Å²) in [5, 5.41) is 3.04. The maximum Gasteiger partial charge on any atom is 0.245 e. The van der Waals surface area contributed by atoms with Gasteiger partial charge in [-0.1, -0.05) is 36.9 Å². The van der Waals surface area contributed by atoms with Gasteiger partial charge >= 0.3 is 0 Å².